The van der Waals surface area contributed by atoms with Crippen molar-refractivity contribution in [1.82, 2.24) is 15.0 Å². The molecule has 0 spiro atoms. The number of likely N-dealkylation sites (tertiary alicyclic amines) is 1. The second-order valence-electron chi connectivity index (χ2n) is 5.54. The minimum absolute atomic E-state index is 0.129. The summed E-state index contributed by atoms with van der Waals surface area (Å²) in [5, 5.41) is 13.9. The van der Waals surface area contributed by atoms with Crippen molar-refractivity contribution < 1.29 is 14.4 Å². The molecule has 1 aliphatic rings. The van der Waals surface area contributed by atoms with Gasteiger partial charge in [-0.15, -0.1) is 0 Å². The standard InChI is InChI=1S/C16H19N3O3/c1-11(20)15-13(16(21)19-8-3-2-4-9-19)14(18-22-15)12-6-5-7-17-10-12/h5-7,10-11,20H,2-4,8-9H2,1H3. The first-order chi connectivity index (χ1) is 10.7. The third-order valence-electron chi connectivity index (χ3n) is 3.89. The summed E-state index contributed by atoms with van der Waals surface area (Å²) in [5.74, 6) is 0.0881. The van der Waals surface area contributed by atoms with Gasteiger partial charge in [0.05, 0.1) is 0 Å². The molecule has 1 atom stereocenters. The van der Waals surface area contributed by atoms with Gasteiger partial charge in [0.2, 0.25) is 0 Å². The number of piperidine rings is 1. The van der Waals surface area contributed by atoms with Crippen LogP contribution in [0.3, 0.4) is 0 Å². The second kappa shape index (κ2) is 6.27. The Balaban J connectivity index is 2.03. The van der Waals surface area contributed by atoms with Crippen LogP contribution in [0.15, 0.2) is 29.0 Å². The van der Waals surface area contributed by atoms with Crippen molar-refractivity contribution in [3.05, 3.63) is 35.9 Å². The molecule has 22 heavy (non-hydrogen) atoms. The summed E-state index contributed by atoms with van der Waals surface area (Å²) < 4.78 is 5.25. The van der Waals surface area contributed by atoms with E-state index in [-0.39, 0.29) is 11.7 Å². The van der Waals surface area contributed by atoms with Gasteiger partial charge in [0.1, 0.15) is 17.4 Å². The number of hydrogen-bond acceptors (Lipinski definition) is 5. The maximum Gasteiger partial charge on any atom is 0.259 e. The molecule has 6 nitrogen and oxygen atoms in total. The first-order valence-electron chi connectivity index (χ1n) is 7.56. The Morgan fingerprint density at radius 1 is 1.36 bits per heavy atom. The summed E-state index contributed by atoms with van der Waals surface area (Å²) in [5.41, 5.74) is 1.50. The van der Waals surface area contributed by atoms with Crippen LogP contribution in [0, 0.1) is 0 Å². The van der Waals surface area contributed by atoms with E-state index in [2.05, 4.69) is 10.1 Å². The van der Waals surface area contributed by atoms with Crippen LogP contribution in [0.25, 0.3) is 11.3 Å². The molecule has 1 amide bonds. The van der Waals surface area contributed by atoms with E-state index < -0.39 is 6.10 Å². The van der Waals surface area contributed by atoms with E-state index in [1.165, 1.54) is 0 Å². The first kappa shape index (κ1) is 14.7. The second-order valence-corrected chi connectivity index (χ2v) is 5.54. The zero-order valence-corrected chi connectivity index (χ0v) is 12.5. The fourth-order valence-electron chi connectivity index (χ4n) is 2.75. The molecule has 0 radical (unpaired) electrons. The summed E-state index contributed by atoms with van der Waals surface area (Å²) >= 11 is 0. The van der Waals surface area contributed by atoms with Crippen molar-refractivity contribution in [2.75, 3.05) is 13.1 Å². The Labute approximate surface area is 128 Å². The summed E-state index contributed by atoms with van der Waals surface area (Å²) in [6, 6.07) is 3.60. The van der Waals surface area contributed by atoms with Crippen LogP contribution in [0.2, 0.25) is 0 Å². The average Bonchev–Trinajstić information content (AvgIpc) is 3.01. The number of rotatable bonds is 3. The lowest BCUT2D eigenvalue weighted by atomic mass is 10.0. The number of aliphatic hydroxyl groups is 1. The molecule has 2 aromatic heterocycles. The molecule has 1 saturated heterocycles. The molecule has 3 rings (SSSR count). The summed E-state index contributed by atoms with van der Waals surface area (Å²) in [7, 11) is 0. The minimum Gasteiger partial charge on any atom is -0.385 e. The Bertz CT molecular complexity index is 646. The SMILES string of the molecule is CC(O)c1onc(-c2cccnc2)c1C(=O)N1CCCCC1. The number of amides is 1. The lowest BCUT2D eigenvalue weighted by Crippen LogP contribution is -2.36. The molecule has 0 aromatic carbocycles. The molecule has 1 fully saturated rings. The van der Waals surface area contributed by atoms with Gasteiger partial charge in [-0.25, -0.2) is 0 Å². The van der Waals surface area contributed by atoms with Gasteiger partial charge in [-0.1, -0.05) is 5.16 Å². The van der Waals surface area contributed by atoms with Crippen LogP contribution in [-0.2, 0) is 0 Å². The molecule has 0 saturated carbocycles. The molecule has 116 valence electrons. The van der Waals surface area contributed by atoms with Crippen LogP contribution in [0.5, 0.6) is 0 Å². The highest BCUT2D eigenvalue weighted by Crippen LogP contribution is 2.30. The van der Waals surface area contributed by atoms with Gasteiger partial charge in [-0.3, -0.25) is 9.78 Å². The number of aromatic nitrogens is 2. The molecule has 6 heteroatoms. The molecule has 1 aliphatic heterocycles. The maximum absolute atomic E-state index is 12.9. The summed E-state index contributed by atoms with van der Waals surface area (Å²) in [6.45, 7) is 3.03. The van der Waals surface area contributed by atoms with Gasteiger partial charge in [-0.05, 0) is 38.3 Å². The summed E-state index contributed by atoms with van der Waals surface area (Å²) in [4.78, 5) is 18.7. The molecule has 1 N–H and O–H groups in total. The highest BCUT2D eigenvalue weighted by atomic mass is 16.5. The third kappa shape index (κ3) is 2.74. The van der Waals surface area contributed by atoms with E-state index in [9.17, 15) is 9.90 Å². The number of hydrogen-bond donors (Lipinski definition) is 1. The monoisotopic (exact) mass is 301 g/mol. The minimum atomic E-state index is -0.887. The predicted octanol–water partition coefficient (Wildman–Crippen LogP) is 2.42. The Hall–Kier alpha value is -2.21. The largest absolute Gasteiger partial charge is 0.385 e. The highest BCUT2D eigenvalue weighted by Gasteiger charge is 2.30. The number of carbonyl (C=O) groups excluding carboxylic acids is 1. The maximum atomic E-state index is 12.9. The normalized spacial score (nSPS) is 16.5. The molecule has 0 aliphatic carbocycles. The highest BCUT2D eigenvalue weighted by molar-refractivity contribution is 6.01. The van der Waals surface area contributed by atoms with Crippen molar-refractivity contribution in [2.24, 2.45) is 0 Å². The van der Waals surface area contributed by atoms with Crippen LogP contribution < -0.4 is 0 Å². The Morgan fingerprint density at radius 3 is 2.77 bits per heavy atom. The van der Waals surface area contributed by atoms with E-state index in [0.717, 1.165) is 32.4 Å². The number of aliphatic hydroxyl groups excluding tert-OH is 1. The van der Waals surface area contributed by atoms with Crippen molar-refractivity contribution in [3.63, 3.8) is 0 Å². The van der Waals surface area contributed by atoms with E-state index >= 15 is 0 Å². The molecular weight excluding hydrogens is 282 g/mol. The van der Waals surface area contributed by atoms with Crippen molar-refractivity contribution >= 4 is 5.91 Å². The Morgan fingerprint density at radius 2 is 2.14 bits per heavy atom. The fourth-order valence-corrected chi connectivity index (χ4v) is 2.75. The van der Waals surface area contributed by atoms with Crippen molar-refractivity contribution in [2.45, 2.75) is 32.3 Å². The number of nitrogens with zero attached hydrogens (tertiary/aromatic N) is 3. The number of pyridine rings is 1. The smallest absolute Gasteiger partial charge is 0.259 e. The van der Waals surface area contributed by atoms with Gasteiger partial charge in [0.25, 0.3) is 5.91 Å². The van der Waals surface area contributed by atoms with E-state index in [1.807, 2.05) is 11.0 Å². The lowest BCUT2D eigenvalue weighted by molar-refractivity contribution is 0.0713. The van der Waals surface area contributed by atoms with Crippen LogP contribution in [-0.4, -0.2) is 39.1 Å². The number of carbonyl (C=O) groups is 1. The van der Waals surface area contributed by atoms with Gasteiger partial charge in [0.15, 0.2) is 5.76 Å². The van der Waals surface area contributed by atoms with Crippen LogP contribution >= 0.6 is 0 Å². The quantitative estimate of drug-likeness (QED) is 0.941. The van der Waals surface area contributed by atoms with Gasteiger partial charge >= 0.3 is 0 Å². The summed E-state index contributed by atoms with van der Waals surface area (Å²) in [6.07, 6.45) is 5.56. The lowest BCUT2D eigenvalue weighted by Gasteiger charge is -2.26. The third-order valence-corrected chi connectivity index (χ3v) is 3.89. The first-order valence-corrected chi connectivity index (χ1v) is 7.56. The molecule has 3 heterocycles. The van der Waals surface area contributed by atoms with Crippen molar-refractivity contribution in [3.8, 4) is 11.3 Å². The topological polar surface area (TPSA) is 79.5 Å². The van der Waals surface area contributed by atoms with Crippen LogP contribution in [0.4, 0.5) is 0 Å². The van der Waals surface area contributed by atoms with Gasteiger partial charge < -0.3 is 14.5 Å². The van der Waals surface area contributed by atoms with E-state index in [0.29, 0.717) is 16.8 Å². The zero-order valence-electron chi connectivity index (χ0n) is 12.5. The molecular formula is C16H19N3O3. The van der Waals surface area contributed by atoms with Gasteiger partial charge in [0, 0.05) is 31.0 Å². The molecule has 0 bridgehead atoms. The molecule has 2 aromatic rings. The average molecular weight is 301 g/mol. The van der Waals surface area contributed by atoms with E-state index in [1.54, 1.807) is 25.4 Å². The van der Waals surface area contributed by atoms with Gasteiger partial charge in [-0.2, -0.15) is 0 Å². The Kier molecular flexibility index (Phi) is 4.20. The zero-order chi connectivity index (χ0) is 15.5. The van der Waals surface area contributed by atoms with Crippen molar-refractivity contribution in [1.29, 1.82) is 0 Å². The van der Waals surface area contributed by atoms with E-state index in [4.69, 9.17) is 4.52 Å². The fraction of sp³-hybridized carbons (Fsp3) is 0.438. The molecule has 1 unspecified atom stereocenters. The van der Waals surface area contributed by atoms with Crippen LogP contribution in [0.1, 0.15) is 48.4 Å². The predicted molar refractivity (Wildman–Crippen MR) is 80.1 cm³/mol.